The molecule has 1 unspecified atom stereocenters. The third-order valence-electron chi connectivity index (χ3n) is 5.47. The number of methoxy groups -OCH3 is 1. The number of benzene rings is 2. The SMILES string of the molecule is COCCNC(=O)CN1CCN(CC(=O)NC(c2ccccc2)c2ccc(Cl)cc2)CC1. The Morgan fingerprint density at radius 2 is 1.47 bits per heavy atom. The van der Waals surface area contributed by atoms with Crippen LogP contribution in [0.5, 0.6) is 0 Å². The monoisotopic (exact) mass is 458 g/mol. The predicted molar refractivity (Wildman–Crippen MR) is 126 cm³/mol. The van der Waals surface area contributed by atoms with Crippen molar-refractivity contribution >= 4 is 23.4 Å². The molecule has 1 fully saturated rings. The second kappa shape index (κ2) is 12.6. The predicted octanol–water partition coefficient (Wildman–Crippen LogP) is 1.93. The average Bonchev–Trinajstić information content (AvgIpc) is 2.80. The van der Waals surface area contributed by atoms with E-state index in [1.165, 1.54) is 0 Å². The molecule has 2 aromatic carbocycles. The lowest BCUT2D eigenvalue weighted by atomic mass is 9.98. The lowest BCUT2D eigenvalue weighted by Crippen LogP contribution is -2.51. The first-order chi connectivity index (χ1) is 15.5. The number of hydrogen-bond acceptors (Lipinski definition) is 5. The number of ether oxygens (including phenoxy) is 1. The molecule has 0 spiro atoms. The largest absolute Gasteiger partial charge is 0.383 e. The Bertz CT molecular complexity index is 855. The van der Waals surface area contributed by atoms with Crippen LogP contribution >= 0.6 is 11.6 Å². The molecule has 3 rings (SSSR count). The Labute approximate surface area is 194 Å². The zero-order valence-electron chi connectivity index (χ0n) is 18.4. The van der Waals surface area contributed by atoms with Crippen LogP contribution < -0.4 is 10.6 Å². The van der Waals surface area contributed by atoms with Crippen molar-refractivity contribution in [2.75, 3.05) is 59.5 Å². The van der Waals surface area contributed by atoms with Gasteiger partial charge in [-0.1, -0.05) is 54.1 Å². The Morgan fingerprint density at radius 3 is 2.06 bits per heavy atom. The van der Waals surface area contributed by atoms with Gasteiger partial charge in [0.25, 0.3) is 0 Å². The van der Waals surface area contributed by atoms with E-state index >= 15 is 0 Å². The number of rotatable bonds is 10. The smallest absolute Gasteiger partial charge is 0.234 e. The van der Waals surface area contributed by atoms with Gasteiger partial charge in [0, 0.05) is 44.9 Å². The summed E-state index contributed by atoms with van der Waals surface area (Å²) in [7, 11) is 1.61. The van der Waals surface area contributed by atoms with Gasteiger partial charge in [0.2, 0.25) is 11.8 Å². The first kappa shape index (κ1) is 24.2. The first-order valence-electron chi connectivity index (χ1n) is 10.9. The third kappa shape index (κ3) is 7.60. The number of amides is 2. The molecule has 8 heteroatoms. The Balaban J connectivity index is 1.50. The van der Waals surface area contributed by atoms with Crippen molar-refractivity contribution in [1.29, 1.82) is 0 Å². The number of nitrogens with zero attached hydrogens (tertiary/aromatic N) is 2. The molecule has 2 aromatic rings. The van der Waals surface area contributed by atoms with Gasteiger partial charge in [-0.25, -0.2) is 0 Å². The van der Waals surface area contributed by atoms with Crippen LogP contribution in [0.15, 0.2) is 54.6 Å². The second-order valence-electron chi connectivity index (χ2n) is 7.86. The Hall–Kier alpha value is -2.45. The number of nitrogens with one attached hydrogen (secondary N) is 2. The van der Waals surface area contributed by atoms with Crippen LogP contribution in [0.2, 0.25) is 5.02 Å². The molecule has 1 atom stereocenters. The van der Waals surface area contributed by atoms with Crippen molar-refractivity contribution in [2.45, 2.75) is 6.04 Å². The Kier molecular flexibility index (Phi) is 9.49. The zero-order valence-corrected chi connectivity index (χ0v) is 19.2. The van der Waals surface area contributed by atoms with Gasteiger partial charge in [-0.15, -0.1) is 0 Å². The second-order valence-corrected chi connectivity index (χ2v) is 8.29. The molecule has 0 aliphatic carbocycles. The van der Waals surface area contributed by atoms with Crippen LogP contribution in [-0.4, -0.2) is 81.1 Å². The van der Waals surface area contributed by atoms with Gasteiger partial charge in [-0.2, -0.15) is 0 Å². The summed E-state index contributed by atoms with van der Waals surface area (Å²) in [6.07, 6.45) is 0. The van der Waals surface area contributed by atoms with E-state index in [-0.39, 0.29) is 17.9 Å². The number of piperazine rings is 1. The number of carbonyl (C=O) groups excluding carboxylic acids is 2. The minimum absolute atomic E-state index is 0.00177. The van der Waals surface area contributed by atoms with Gasteiger partial charge in [0.1, 0.15) is 0 Å². The number of carbonyl (C=O) groups is 2. The molecule has 0 aromatic heterocycles. The van der Waals surface area contributed by atoms with Gasteiger partial charge < -0.3 is 15.4 Å². The molecule has 7 nitrogen and oxygen atoms in total. The standard InChI is InChI=1S/C24H31ClN4O3/c1-32-16-11-26-22(30)17-28-12-14-29(15-13-28)18-23(31)27-24(19-5-3-2-4-6-19)20-7-9-21(25)10-8-20/h2-10,24H,11-18H2,1H3,(H,26,30)(H,27,31). The maximum absolute atomic E-state index is 12.9. The van der Waals surface area contributed by atoms with Crippen LogP contribution in [0.25, 0.3) is 0 Å². The molecule has 2 N–H and O–H groups in total. The molecule has 2 amide bonds. The molecular weight excluding hydrogens is 428 g/mol. The first-order valence-corrected chi connectivity index (χ1v) is 11.2. The summed E-state index contributed by atoms with van der Waals surface area (Å²) in [4.78, 5) is 29.1. The maximum Gasteiger partial charge on any atom is 0.234 e. The lowest BCUT2D eigenvalue weighted by Gasteiger charge is -2.34. The van der Waals surface area contributed by atoms with Crippen LogP contribution in [-0.2, 0) is 14.3 Å². The highest BCUT2D eigenvalue weighted by Gasteiger charge is 2.22. The van der Waals surface area contributed by atoms with Crippen molar-refractivity contribution < 1.29 is 14.3 Å². The summed E-state index contributed by atoms with van der Waals surface area (Å²) in [6.45, 7) is 4.72. The Morgan fingerprint density at radius 1 is 0.906 bits per heavy atom. The average molecular weight is 459 g/mol. The van der Waals surface area contributed by atoms with Crippen molar-refractivity contribution in [3.8, 4) is 0 Å². The van der Waals surface area contributed by atoms with Gasteiger partial charge in [-0.05, 0) is 23.3 Å². The van der Waals surface area contributed by atoms with E-state index in [4.69, 9.17) is 16.3 Å². The van der Waals surface area contributed by atoms with Crippen LogP contribution in [0.3, 0.4) is 0 Å². The minimum atomic E-state index is -0.238. The molecule has 1 aliphatic rings. The van der Waals surface area contributed by atoms with E-state index in [2.05, 4.69) is 20.4 Å². The fourth-order valence-corrected chi connectivity index (χ4v) is 3.85. The highest BCUT2D eigenvalue weighted by Crippen LogP contribution is 2.23. The topological polar surface area (TPSA) is 73.9 Å². The molecule has 0 saturated carbocycles. The molecule has 1 heterocycles. The van der Waals surface area contributed by atoms with Crippen LogP contribution in [0.1, 0.15) is 17.2 Å². The van der Waals surface area contributed by atoms with E-state index in [0.29, 0.717) is 31.3 Å². The summed E-state index contributed by atoms with van der Waals surface area (Å²) < 4.78 is 4.94. The van der Waals surface area contributed by atoms with Gasteiger partial charge in [0.05, 0.1) is 25.7 Å². The zero-order chi connectivity index (χ0) is 22.8. The van der Waals surface area contributed by atoms with Crippen LogP contribution in [0.4, 0.5) is 0 Å². The highest BCUT2D eigenvalue weighted by molar-refractivity contribution is 6.30. The normalized spacial score (nSPS) is 15.8. The highest BCUT2D eigenvalue weighted by atomic mass is 35.5. The van der Waals surface area contributed by atoms with E-state index in [1.807, 2.05) is 54.6 Å². The van der Waals surface area contributed by atoms with E-state index < -0.39 is 0 Å². The molecular formula is C24H31ClN4O3. The van der Waals surface area contributed by atoms with E-state index in [1.54, 1.807) is 7.11 Å². The molecule has 32 heavy (non-hydrogen) atoms. The molecule has 1 aliphatic heterocycles. The quantitative estimate of drug-likeness (QED) is 0.532. The minimum Gasteiger partial charge on any atom is -0.383 e. The molecule has 1 saturated heterocycles. The summed E-state index contributed by atoms with van der Waals surface area (Å²) in [5, 5.41) is 6.68. The maximum atomic E-state index is 12.9. The van der Waals surface area contributed by atoms with E-state index in [9.17, 15) is 9.59 Å². The van der Waals surface area contributed by atoms with Crippen molar-refractivity contribution in [3.05, 3.63) is 70.7 Å². The fraction of sp³-hybridized carbons (Fsp3) is 0.417. The van der Waals surface area contributed by atoms with Crippen molar-refractivity contribution in [1.82, 2.24) is 20.4 Å². The number of halogens is 1. The van der Waals surface area contributed by atoms with Crippen molar-refractivity contribution in [2.24, 2.45) is 0 Å². The summed E-state index contributed by atoms with van der Waals surface area (Å²) in [5.41, 5.74) is 2.01. The molecule has 0 radical (unpaired) electrons. The molecule has 0 bridgehead atoms. The number of hydrogen-bond donors (Lipinski definition) is 2. The van der Waals surface area contributed by atoms with Gasteiger partial charge >= 0.3 is 0 Å². The van der Waals surface area contributed by atoms with Gasteiger partial charge in [0.15, 0.2) is 0 Å². The van der Waals surface area contributed by atoms with Crippen molar-refractivity contribution in [3.63, 3.8) is 0 Å². The lowest BCUT2D eigenvalue weighted by molar-refractivity contribution is -0.125. The van der Waals surface area contributed by atoms with Gasteiger partial charge in [-0.3, -0.25) is 19.4 Å². The molecule has 172 valence electrons. The third-order valence-corrected chi connectivity index (χ3v) is 5.72. The fourth-order valence-electron chi connectivity index (χ4n) is 3.73. The summed E-state index contributed by atoms with van der Waals surface area (Å²) in [5.74, 6) is -0.0264. The summed E-state index contributed by atoms with van der Waals surface area (Å²) >= 11 is 6.04. The van der Waals surface area contributed by atoms with Crippen LogP contribution in [0, 0.1) is 0 Å². The summed E-state index contributed by atoms with van der Waals surface area (Å²) in [6, 6.07) is 17.2. The van der Waals surface area contributed by atoms with E-state index in [0.717, 1.165) is 37.3 Å².